The molecule has 1 amide bonds. The maximum Gasteiger partial charge on any atom is 0.244 e. The maximum atomic E-state index is 12.3. The van der Waals surface area contributed by atoms with Crippen LogP contribution in [0.3, 0.4) is 0 Å². The molecule has 2 aromatic heterocycles. The molecule has 3 aromatic rings. The van der Waals surface area contributed by atoms with Crippen LogP contribution in [0.5, 0.6) is 5.75 Å². The number of carbonyl (C=O) groups is 1. The zero-order valence-electron chi connectivity index (χ0n) is 17.8. The van der Waals surface area contributed by atoms with Gasteiger partial charge in [0.1, 0.15) is 12.4 Å². The highest BCUT2D eigenvalue weighted by molar-refractivity contribution is 7.10. The Hall–Kier alpha value is -2.48. The summed E-state index contributed by atoms with van der Waals surface area (Å²) in [5.41, 5.74) is 3.29. The molecule has 162 valence electrons. The van der Waals surface area contributed by atoms with Gasteiger partial charge in [-0.25, -0.2) is 4.98 Å². The van der Waals surface area contributed by atoms with Crippen molar-refractivity contribution in [2.45, 2.75) is 39.5 Å². The summed E-state index contributed by atoms with van der Waals surface area (Å²) in [7, 11) is 0. The van der Waals surface area contributed by atoms with Gasteiger partial charge in [-0.3, -0.25) is 9.69 Å². The van der Waals surface area contributed by atoms with Gasteiger partial charge in [-0.2, -0.15) is 0 Å². The Morgan fingerprint density at radius 2 is 2.26 bits per heavy atom. The number of rotatable bonds is 8. The summed E-state index contributed by atoms with van der Waals surface area (Å²) in [5, 5.41) is 8.24. The fourth-order valence-corrected chi connectivity index (χ4v) is 5.08. The van der Waals surface area contributed by atoms with E-state index in [1.54, 1.807) is 17.4 Å². The second-order valence-corrected chi connectivity index (χ2v) is 9.80. The average Bonchev–Trinajstić information content (AvgIpc) is 3.43. The van der Waals surface area contributed by atoms with Crippen molar-refractivity contribution in [3.63, 3.8) is 0 Å². The number of aromatic nitrogens is 1. The number of nitrogens with zero attached hydrogens (tertiary/aromatic N) is 2. The van der Waals surface area contributed by atoms with E-state index in [1.807, 2.05) is 54.0 Å². The van der Waals surface area contributed by atoms with Crippen molar-refractivity contribution in [3.05, 3.63) is 73.9 Å². The number of ether oxygens (including phenoxy) is 1. The second-order valence-electron chi connectivity index (χ2n) is 7.74. The first-order valence-corrected chi connectivity index (χ1v) is 12.2. The molecule has 31 heavy (non-hydrogen) atoms. The van der Waals surface area contributed by atoms with Crippen molar-refractivity contribution in [3.8, 4) is 5.75 Å². The fourth-order valence-electron chi connectivity index (χ4n) is 3.59. The molecule has 0 saturated heterocycles. The van der Waals surface area contributed by atoms with Crippen LogP contribution in [0.25, 0.3) is 6.08 Å². The molecule has 1 aromatic carbocycles. The summed E-state index contributed by atoms with van der Waals surface area (Å²) in [6, 6.07) is 10.2. The lowest BCUT2D eigenvalue weighted by Gasteiger charge is -2.32. The summed E-state index contributed by atoms with van der Waals surface area (Å²) >= 11 is 3.47. The van der Waals surface area contributed by atoms with Crippen LogP contribution in [0.1, 0.15) is 33.6 Å². The lowest BCUT2D eigenvalue weighted by Crippen LogP contribution is -2.43. The van der Waals surface area contributed by atoms with Crippen LogP contribution < -0.4 is 10.1 Å². The number of benzene rings is 1. The third-order valence-electron chi connectivity index (χ3n) is 5.37. The van der Waals surface area contributed by atoms with Gasteiger partial charge in [0.15, 0.2) is 0 Å². The Bertz CT molecular complexity index is 1060. The number of carbonyl (C=O) groups excluding carboxylic acids is 1. The van der Waals surface area contributed by atoms with Crippen molar-refractivity contribution in [2.24, 2.45) is 0 Å². The number of hydrogen-bond acceptors (Lipinski definition) is 6. The molecule has 4 rings (SSSR count). The Labute approximate surface area is 191 Å². The molecule has 1 atom stereocenters. The number of thiophene rings is 1. The van der Waals surface area contributed by atoms with Crippen molar-refractivity contribution >= 4 is 34.7 Å². The predicted octanol–water partition coefficient (Wildman–Crippen LogP) is 4.67. The molecular weight excluding hydrogens is 426 g/mol. The highest BCUT2D eigenvalue weighted by Gasteiger charge is 2.21. The van der Waals surface area contributed by atoms with Crippen molar-refractivity contribution < 1.29 is 9.53 Å². The van der Waals surface area contributed by atoms with Gasteiger partial charge >= 0.3 is 0 Å². The minimum absolute atomic E-state index is 0.0793. The van der Waals surface area contributed by atoms with E-state index in [1.165, 1.54) is 10.4 Å². The summed E-state index contributed by atoms with van der Waals surface area (Å²) in [4.78, 5) is 20.7. The second kappa shape index (κ2) is 10.2. The lowest BCUT2D eigenvalue weighted by molar-refractivity contribution is -0.116. The van der Waals surface area contributed by atoms with E-state index < -0.39 is 0 Å². The van der Waals surface area contributed by atoms with Gasteiger partial charge in [0.05, 0.1) is 10.7 Å². The predicted molar refractivity (Wildman–Crippen MR) is 128 cm³/mol. The van der Waals surface area contributed by atoms with Gasteiger partial charge in [-0.1, -0.05) is 12.1 Å². The van der Waals surface area contributed by atoms with E-state index in [2.05, 4.69) is 33.6 Å². The summed E-state index contributed by atoms with van der Waals surface area (Å²) in [5.74, 6) is 0.684. The molecule has 0 radical (unpaired) electrons. The molecule has 0 aliphatic carbocycles. The molecule has 3 heterocycles. The molecular formula is C24H27N3O2S2. The number of fused-ring (bicyclic) bond motifs is 1. The van der Waals surface area contributed by atoms with Gasteiger partial charge in [0, 0.05) is 42.0 Å². The molecule has 1 aliphatic rings. The van der Waals surface area contributed by atoms with Crippen LogP contribution in [0, 0.1) is 6.92 Å². The first kappa shape index (κ1) is 21.7. The molecule has 1 unspecified atom stereocenters. The Balaban J connectivity index is 1.24. The summed E-state index contributed by atoms with van der Waals surface area (Å²) in [6.45, 7) is 7.26. The van der Waals surface area contributed by atoms with Gasteiger partial charge in [-0.05, 0) is 61.1 Å². The molecule has 0 spiro atoms. The summed E-state index contributed by atoms with van der Waals surface area (Å²) < 4.78 is 5.82. The molecule has 1 N–H and O–H groups in total. The minimum Gasteiger partial charge on any atom is -0.487 e. The van der Waals surface area contributed by atoms with Crippen molar-refractivity contribution in [1.82, 2.24) is 15.2 Å². The number of hydrogen-bond donors (Lipinski definition) is 1. The van der Waals surface area contributed by atoms with Gasteiger partial charge < -0.3 is 10.1 Å². The summed E-state index contributed by atoms with van der Waals surface area (Å²) in [6.07, 6.45) is 4.51. The molecule has 5 nitrogen and oxygen atoms in total. The normalized spacial score (nSPS) is 15.0. The topological polar surface area (TPSA) is 54.5 Å². The first-order valence-electron chi connectivity index (χ1n) is 10.5. The van der Waals surface area contributed by atoms with E-state index in [4.69, 9.17) is 4.74 Å². The number of amides is 1. The highest BCUT2D eigenvalue weighted by Crippen LogP contribution is 2.25. The Morgan fingerprint density at radius 3 is 3.10 bits per heavy atom. The molecule has 0 fully saturated rings. The lowest BCUT2D eigenvalue weighted by atomic mass is 10.1. The molecule has 0 saturated carbocycles. The Kier molecular flexibility index (Phi) is 7.17. The average molecular weight is 454 g/mol. The maximum absolute atomic E-state index is 12.3. The van der Waals surface area contributed by atoms with Gasteiger partial charge in [-0.15, -0.1) is 22.7 Å². The smallest absolute Gasteiger partial charge is 0.244 e. The van der Waals surface area contributed by atoms with E-state index in [9.17, 15) is 4.79 Å². The largest absolute Gasteiger partial charge is 0.487 e. The standard InChI is InChI=1S/C24H27N3O2S2/c1-17(27-10-8-23-20(14-27)9-11-30-23)13-25-24(28)7-6-19-4-3-5-22(12-19)29-15-21-16-31-18(2)26-21/h3-7,9,11-12,16-17H,8,10,13-15H2,1-2H3,(H,25,28)/b7-6+. The van der Waals surface area contributed by atoms with Gasteiger partial charge in [0.2, 0.25) is 5.91 Å². The van der Waals surface area contributed by atoms with Crippen molar-refractivity contribution in [2.75, 3.05) is 13.1 Å². The van der Waals surface area contributed by atoms with E-state index in [0.29, 0.717) is 19.2 Å². The molecule has 0 bridgehead atoms. The quantitative estimate of drug-likeness (QED) is 0.504. The van der Waals surface area contributed by atoms with Gasteiger partial charge in [0.25, 0.3) is 0 Å². The van der Waals surface area contributed by atoms with Crippen LogP contribution in [0.15, 0.2) is 47.2 Å². The monoisotopic (exact) mass is 453 g/mol. The van der Waals surface area contributed by atoms with E-state index in [0.717, 1.165) is 41.5 Å². The van der Waals surface area contributed by atoms with Crippen LogP contribution in [-0.2, 0) is 24.4 Å². The highest BCUT2D eigenvalue weighted by atomic mass is 32.1. The number of aryl methyl sites for hydroxylation is 1. The number of nitrogens with one attached hydrogen (secondary N) is 1. The zero-order chi connectivity index (χ0) is 21.6. The third kappa shape index (κ3) is 6.03. The fraction of sp³-hybridized carbons (Fsp3) is 0.333. The van der Waals surface area contributed by atoms with Crippen LogP contribution in [0.4, 0.5) is 0 Å². The number of thiazole rings is 1. The SMILES string of the molecule is Cc1nc(COc2cccc(/C=C/C(=O)NCC(C)N3CCc4sccc4C3)c2)cs1. The van der Waals surface area contributed by atoms with Crippen LogP contribution >= 0.6 is 22.7 Å². The Morgan fingerprint density at radius 1 is 1.35 bits per heavy atom. The van der Waals surface area contributed by atoms with E-state index in [-0.39, 0.29) is 5.91 Å². The molecule has 1 aliphatic heterocycles. The third-order valence-corrected chi connectivity index (χ3v) is 7.22. The van der Waals surface area contributed by atoms with Crippen LogP contribution in [0.2, 0.25) is 0 Å². The molecule has 7 heteroatoms. The zero-order valence-corrected chi connectivity index (χ0v) is 19.5. The minimum atomic E-state index is -0.0793. The van der Waals surface area contributed by atoms with Crippen molar-refractivity contribution in [1.29, 1.82) is 0 Å². The van der Waals surface area contributed by atoms with E-state index >= 15 is 0 Å². The first-order chi connectivity index (χ1) is 15.1. The van der Waals surface area contributed by atoms with Crippen LogP contribution in [-0.4, -0.2) is 34.9 Å².